The Hall–Kier alpha value is -2.10. The minimum absolute atomic E-state index is 0.0467. The fraction of sp³-hybridized carbons (Fsp3) is 0.294. The van der Waals surface area contributed by atoms with Crippen LogP contribution in [0.3, 0.4) is 0 Å². The smallest absolute Gasteiger partial charge is 0.165 e. The van der Waals surface area contributed by atoms with E-state index in [0.717, 1.165) is 0 Å². The first-order valence-electron chi connectivity index (χ1n) is 6.74. The van der Waals surface area contributed by atoms with Crippen molar-refractivity contribution in [3.05, 3.63) is 59.2 Å². The highest BCUT2D eigenvalue weighted by Gasteiger charge is 2.33. The highest BCUT2D eigenvalue weighted by Crippen LogP contribution is 2.40. The van der Waals surface area contributed by atoms with Gasteiger partial charge in [-0.15, -0.1) is 0 Å². The molecule has 21 heavy (non-hydrogen) atoms. The summed E-state index contributed by atoms with van der Waals surface area (Å²) in [5.74, 6) is -2.20. The summed E-state index contributed by atoms with van der Waals surface area (Å²) >= 11 is 0. The summed E-state index contributed by atoms with van der Waals surface area (Å²) in [5, 5.41) is 18.7. The molecule has 2 N–H and O–H groups in total. The monoisotopic (exact) mass is 292 g/mol. The number of benzene rings is 2. The highest BCUT2D eigenvalue weighted by atomic mass is 19.1. The summed E-state index contributed by atoms with van der Waals surface area (Å²) in [5.41, 5.74) is 0.624. The Morgan fingerprint density at radius 3 is 1.52 bits per heavy atom. The van der Waals surface area contributed by atoms with Gasteiger partial charge in [0, 0.05) is 5.41 Å². The average molecular weight is 292 g/mol. The molecule has 4 heteroatoms. The van der Waals surface area contributed by atoms with E-state index in [1.165, 1.54) is 24.3 Å². The lowest BCUT2D eigenvalue weighted by Crippen LogP contribution is -2.30. The molecule has 2 rings (SSSR count). The molecule has 0 atom stereocenters. The summed E-state index contributed by atoms with van der Waals surface area (Å²) in [7, 11) is 0. The summed E-state index contributed by atoms with van der Waals surface area (Å²) in [6.07, 6.45) is 0. The third-order valence-electron chi connectivity index (χ3n) is 4.25. The Morgan fingerprint density at radius 1 is 0.857 bits per heavy atom. The lowest BCUT2D eigenvalue weighted by molar-refractivity contribution is 0.390. The minimum atomic E-state index is -0.710. The van der Waals surface area contributed by atoms with Crippen LogP contribution in [0.15, 0.2) is 36.4 Å². The van der Waals surface area contributed by atoms with Crippen molar-refractivity contribution in [2.45, 2.75) is 26.2 Å². The van der Waals surface area contributed by atoms with Crippen LogP contribution in [0, 0.1) is 17.6 Å². The molecular formula is C17H18F2O2. The lowest BCUT2D eigenvalue weighted by Gasteiger charge is -2.35. The van der Waals surface area contributed by atoms with E-state index in [0.29, 0.717) is 11.1 Å². The van der Waals surface area contributed by atoms with E-state index in [4.69, 9.17) is 0 Å². The van der Waals surface area contributed by atoms with Crippen LogP contribution in [-0.2, 0) is 5.41 Å². The molecular weight excluding hydrogens is 274 g/mol. The minimum Gasteiger partial charge on any atom is -0.505 e. The van der Waals surface area contributed by atoms with Gasteiger partial charge in [0.05, 0.1) is 0 Å². The molecule has 0 heterocycles. The number of halogens is 2. The maximum Gasteiger partial charge on any atom is 0.165 e. The van der Waals surface area contributed by atoms with Gasteiger partial charge in [-0.2, -0.15) is 0 Å². The molecule has 0 saturated heterocycles. The van der Waals surface area contributed by atoms with Crippen LogP contribution < -0.4 is 0 Å². The number of aromatic hydroxyl groups is 2. The van der Waals surface area contributed by atoms with Gasteiger partial charge in [0.15, 0.2) is 23.1 Å². The molecule has 0 saturated carbocycles. The topological polar surface area (TPSA) is 40.5 Å². The van der Waals surface area contributed by atoms with E-state index in [1.807, 2.05) is 20.8 Å². The van der Waals surface area contributed by atoms with Gasteiger partial charge in [-0.25, -0.2) is 8.78 Å². The third kappa shape index (κ3) is 2.58. The van der Waals surface area contributed by atoms with Crippen molar-refractivity contribution >= 4 is 0 Å². The number of phenols is 2. The molecule has 2 nitrogen and oxygen atoms in total. The van der Waals surface area contributed by atoms with Gasteiger partial charge in [-0.3, -0.25) is 0 Å². The van der Waals surface area contributed by atoms with E-state index in [1.54, 1.807) is 12.1 Å². The molecule has 0 aliphatic carbocycles. The number of rotatable bonds is 3. The second-order valence-electron chi connectivity index (χ2n) is 5.69. The number of phenolic OH excluding ortho intramolecular Hbond substituents is 2. The van der Waals surface area contributed by atoms with Gasteiger partial charge in [-0.1, -0.05) is 32.9 Å². The van der Waals surface area contributed by atoms with Crippen molar-refractivity contribution < 1.29 is 19.0 Å². The van der Waals surface area contributed by atoms with Crippen LogP contribution in [0.5, 0.6) is 11.5 Å². The van der Waals surface area contributed by atoms with Crippen molar-refractivity contribution in [3.63, 3.8) is 0 Å². The number of hydrogen-bond donors (Lipinski definition) is 2. The summed E-state index contributed by atoms with van der Waals surface area (Å²) in [6, 6.07) is 8.37. The van der Waals surface area contributed by atoms with Gasteiger partial charge >= 0.3 is 0 Å². The van der Waals surface area contributed by atoms with Crippen molar-refractivity contribution in [2.75, 3.05) is 0 Å². The second kappa shape index (κ2) is 5.35. The zero-order chi connectivity index (χ0) is 15.8. The Balaban J connectivity index is 2.64. The largest absolute Gasteiger partial charge is 0.505 e. The molecule has 0 fully saturated rings. The molecule has 0 aromatic heterocycles. The van der Waals surface area contributed by atoms with Gasteiger partial charge in [-0.05, 0) is 41.3 Å². The van der Waals surface area contributed by atoms with Gasteiger partial charge in [0.25, 0.3) is 0 Å². The van der Waals surface area contributed by atoms with E-state index >= 15 is 0 Å². The predicted molar refractivity (Wildman–Crippen MR) is 77.4 cm³/mol. The molecule has 0 unspecified atom stereocenters. The fourth-order valence-corrected chi connectivity index (χ4v) is 2.49. The van der Waals surface area contributed by atoms with Crippen LogP contribution in [0.25, 0.3) is 0 Å². The Labute approximate surface area is 122 Å². The third-order valence-corrected chi connectivity index (χ3v) is 4.25. The lowest BCUT2D eigenvalue weighted by atomic mass is 9.68. The zero-order valence-corrected chi connectivity index (χ0v) is 12.2. The molecule has 0 spiro atoms. The second-order valence-corrected chi connectivity index (χ2v) is 5.69. The Kier molecular flexibility index (Phi) is 3.90. The summed E-state index contributed by atoms with van der Waals surface area (Å²) in [4.78, 5) is 0. The molecule has 0 radical (unpaired) electrons. The molecule has 0 amide bonds. The van der Waals surface area contributed by atoms with Crippen LogP contribution in [-0.4, -0.2) is 10.2 Å². The Bertz CT molecular complexity index is 614. The zero-order valence-electron chi connectivity index (χ0n) is 12.2. The first kappa shape index (κ1) is 15.3. The standard InChI is InChI=1S/C17H18F2O2/c1-10(2)17(3,11-4-6-15(20)13(18)8-11)12-5-7-16(21)14(19)9-12/h4-10,20-21H,1-3H3. The van der Waals surface area contributed by atoms with E-state index in [9.17, 15) is 19.0 Å². The first-order valence-corrected chi connectivity index (χ1v) is 6.74. The van der Waals surface area contributed by atoms with Gasteiger partial charge in [0.1, 0.15) is 0 Å². The van der Waals surface area contributed by atoms with Gasteiger partial charge in [0.2, 0.25) is 0 Å². The van der Waals surface area contributed by atoms with Crippen molar-refractivity contribution in [1.29, 1.82) is 0 Å². The van der Waals surface area contributed by atoms with E-state index < -0.39 is 28.5 Å². The van der Waals surface area contributed by atoms with Crippen molar-refractivity contribution in [3.8, 4) is 11.5 Å². The predicted octanol–water partition coefficient (Wildman–Crippen LogP) is 4.34. The van der Waals surface area contributed by atoms with E-state index in [-0.39, 0.29) is 5.92 Å². The van der Waals surface area contributed by atoms with Crippen molar-refractivity contribution in [1.82, 2.24) is 0 Å². The fourth-order valence-electron chi connectivity index (χ4n) is 2.49. The number of hydrogen-bond acceptors (Lipinski definition) is 2. The molecule has 0 aliphatic rings. The molecule has 0 bridgehead atoms. The molecule has 2 aromatic rings. The first-order chi connectivity index (χ1) is 9.76. The maximum atomic E-state index is 13.7. The Morgan fingerprint density at radius 2 is 1.24 bits per heavy atom. The van der Waals surface area contributed by atoms with Crippen LogP contribution in [0.1, 0.15) is 31.9 Å². The SMILES string of the molecule is CC(C)C(C)(c1ccc(O)c(F)c1)c1ccc(O)c(F)c1. The van der Waals surface area contributed by atoms with E-state index in [2.05, 4.69) is 0 Å². The molecule has 112 valence electrons. The summed E-state index contributed by atoms with van der Waals surface area (Å²) < 4.78 is 27.3. The van der Waals surface area contributed by atoms with Crippen molar-refractivity contribution in [2.24, 2.45) is 5.92 Å². The van der Waals surface area contributed by atoms with Crippen LogP contribution in [0.4, 0.5) is 8.78 Å². The van der Waals surface area contributed by atoms with Crippen LogP contribution in [0.2, 0.25) is 0 Å². The molecule has 2 aromatic carbocycles. The van der Waals surface area contributed by atoms with Gasteiger partial charge < -0.3 is 10.2 Å². The normalized spacial score (nSPS) is 11.9. The highest BCUT2D eigenvalue weighted by molar-refractivity contribution is 5.43. The quantitative estimate of drug-likeness (QED) is 0.883. The molecule has 0 aliphatic heterocycles. The average Bonchev–Trinajstić information content (AvgIpc) is 2.43. The van der Waals surface area contributed by atoms with Crippen LogP contribution >= 0.6 is 0 Å². The maximum absolute atomic E-state index is 13.7. The summed E-state index contributed by atoms with van der Waals surface area (Å²) in [6.45, 7) is 5.79.